The number of para-hydroxylation sites is 1. The Morgan fingerprint density at radius 1 is 1.41 bits per heavy atom. The smallest absolute Gasteiger partial charge is 0.277 e. The minimum Gasteiger partial charge on any atom is -0.389 e. The van der Waals surface area contributed by atoms with Gasteiger partial charge in [0.15, 0.2) is 10.0 Å². The van der Waals surface area contributed by atoms with E-state index >= 15 is 0 Å². The second-order valence-electron chi connectivity index (χ2n) is 3.22. The van der Waals surface area contributed by atoms with E-state index in [4.69, 9.17) is 5.73 Å². The van der Waals surface area contributed by atoms with Crippen LogP contribution in [0.3, 0.4) is 0 Å². The molecule has 1 heterocycles. The van der Waals surface area contributed by atoms with Gasteiger partial charge in [-0.15, -0.1) is 0 Å². The zero-order valence-electron chi connectivity index (χ0n) is 9.14. The number of benzene rings is 1. The first kappa shape index (κ1) is 11.9. The fraction of sp³-hybridized carbons (Fsp3) is 0.0909. The van der Waals surface area contributed by atoms with Crippen molar-refractivity contribution >= 4 is 39.7 Å². The number of hydrogen-bond donors (Lipinski definition) is 2. The number of thioether (sulfide) groups is 1. The Morgan fingerprint density at radius 2 is 2.12 bits per heavy atom. The Labute approximate surface area is 107 Å². The van der Waals surface area contributed by atoms with Crippen molar-refractivity contribution in [3.63, 3.8) is 0 Å². The number of carbonyl (C=O) groups excluding carboxylic acids is 1. The average molecular weight is 265 g/mol. The molecule has 3 N–H and O–H groups in total. The van der Waals surface area contributed by atoms with Crippen molar-refractivity contribution in [1.29, 1.82) is 0 Å². The van der Waals surface area contributed by atoms with Gasteiger partial charge in [-0.05, 0) is 18.4 Å². The third-order valence-electron chi connectivity index (χ3n) is 2.06. The van der Waals surface area contributed by atoms with Gasteiger partial charge in [-0.1, -0.05) is 41.3 Å². The molecular formula is C11H11N3OS2. The molecule has 1 aromatic heterocycles. The highest BCUT2D eigenvalue weighted by Gasteiger charge is 2.15. The van der Waals surface area contributed by atoms with E-state index in [9.17, 15) is 4.79 Å². The summed E-state index contributed by atoms with van der Waals surface area (Å²) in [6.07, 6.45) is 1.90. The second-order valence-corrected chi connectivity index (χ2v) is 5.30. The summed E-state index contributed by atoms with van der Waals surface area (Å²) in [5.74, 6) is -0.273. The molecule has 17 heavy (non-hydrogen) atoms. The van der Waals surface area contributed by atoms with Crippen LogP contribution in [0.15, 0.2) is 34.7 Å². The van der Waals surface area contributed by atoms with E-state index in [0.29, 0.717) is 10.7 Å². The first-order valence-electron chi connectivity index (χ1n) is 4.87. The summed E-state index contributed by atoms with van der Waals surface area (Å²) >= 11 is 2.80. The summed E-state index contributed by atoms with van der Waals surface area (Å²) in [6, 6.07) is 9.23. The molecule has 0 unspecified atom stereocenters. The molecule has 88 valence electrons. The maximum atomic E-state index is 11.9. The predicted octanol–water partition coefficient (Wildman–Crippen LogP) is 2.70. The Morgan fingerprint density at radius 3 is 2.71 bits per heavy atom. The van der Waals surface area contributed by atoms with Gasteiger partial charge >= 0.3 is 0 Å². The lowest BCUT2D eigenvalue weighted by atomic mass is 10.3. The molecule has 1 amide bonds. The van der Waals surface area contributed by atoms with Gasteiger partial charge in [0.05, 0.1) is 0 Å². The number of carbonyl (C=O) groups is 1. The summed E-state index contributed by atoms with van der Waals surface area (Å²) in [5.41, 5.74) is 6.78. The van der Waals surface area contributed by atoms with Crippen molar-refractivity contribution < 1.29 is 4.79 Å². The van der Waals surface area contributed by atoms with Crippen LogP contribution in [-0.4, -0.2) is 17.1 Å². The molecular weight excluding hydrogens is 254 g/mol. The summed E-state index contributed by atoms with van der Waals surface area (Å²) < 4.78 is 0.792. The zero-order chi connectivity index (χ0) is 12.3. The third kappa shape index (κ3) is 2.78. The maximum Gasteiger partial charge on any atom is 0.277 e. The SMILES string of the molecule is CSc1nc(C(=O)Nc2ccccc2)c(N)s1. The average Bonchev–Trinajstić information content (AvgIpc) is 2.72. The van der Waals surface area contributed by atoms with Crippen molar-refractivity contribution in [1.82, 2.24) is 4.98 Å². The molecule has 4 nitrogen and oxygen atoms in total. The lowest BCUT2D eigenvalue weighted by molar-refractivity contribution is 0.102. The van der Waals surface area contributed by atoms with Crippen molar-refractivity contribution in [2.45, 2.75) is 4.34 Å². The number of nitrogens with one attached hydrogen (secondary N) is 1. The van der Waals surface area contributed by atoms with E-state index in [1.54, 1.807) is 0 Å². The summed E-state index contributed by atoms with van der Waals surface area (Å²) in [6.45, 7) is 0. The van der Waals surface area contributed by atoms with E-state index in [-0.39, 0.29) is 5.91 Å². The quantitative estimate of drug-likeness (QED) is 0.837. The van der Waals surface area contributed by atoms with Crippen LogP contribution in [-0.2, 0) is 0 Å². The highest BCUT2D eigenvalue weighted by molar-refractivity contribution is 8.00. The van der Waals surface area contributed by atoms with Gasteiger partial charge < -0.3 is 11.1 Å². The van der Waals surface area contributed by atoms with Crippen LogP contribution >= 0.6 is 23.1 Å². The molecule has 0 aliphatic carbocycles. The molecule has 0 radical (unpaired) electrons. The third-order valence-corrected chi connectivity index (χ3v) is 3.92. The van der Waals surface area contributed by atoms with Gasteiger partial charge in [0.2, 0.25) is 0 Å². The summed E-state index contributed by atoms with van der Waals surface area (Å²) in [5, 5.41) is 3.20. The minimum absolute atomic E-state index is 0.273. The highest BCUT2D eigenvalue weighted by atomic mass is 32.2. The Kier molecular flexibility index (Phi) is 3.65. The normalized spacial score (nSPS) is 10.2. The number of nitrogens with zero attached hydrogens (tertiary/aromatic N) is 1. The van der Waals surface area contributed by atoms with Crippen LogP contribution in [0.4, 0.5) is 10.7 Å². The molecule has 1 aromatic carbocycles. The summed E-state index contributed by atoms with van der Waals surface area (Å²) in [4.78, 5) is 16.1. The fourth-order valence-corrected chi connectivity index (χ4v) is 2.62. The van der Waals surface area contributed by atoms with Crippen molar-refractivity contribution in [2.75, 3.05) is 17.3 Å². The molecule has 0 aliphatic rings. The molecule has 2 aromatic rings. The van der Waals surface area contributed by atoms with E-state index in [1.807, 2.05) is 36.6 Å². The highest BCUT2D eigenvalue weighted by Crippen LogP contribution is 2.28. The van der Waals surface area contributed by atoms with Gasteiger partial charge in [-0.3, -0.25) is 4.79 Å². The number of nitrogens with two attached hydrogens (primary N) is 1. The van der Waals surface area contributed by atoms with Gasteiger partial charge in [-0.25, -0.2) is 4.98 Å². The van der Waals surface area contributed by atoms with E-state index in [0.717, 1.165) is 10.0 Å². The van der Waals surface area contributed by atoms with Gasteiger partial charge in [0.25, 0.3) is 5.91 Å². The molecule has 0 saturated heterocycles. The van der Waals surface area contributed by atoms with E-state index in [2.05, 4.69) is 10.3 Å². The first-order valence-corrected chi connectivity index (χ1v) is 6.91. The molecule has 0 bridgehead atoms. The molecule has 0 fully saturated rings. The number of aromatic nitrogens is 1. The number of rotatable bonds is 3. The number of hydrogen-bond acceptors (Lipinski definition) is 5. The van der Waals surface area contributed by atoms with Gasteiger partial charge in [-0.2, -0.15) is 0 Å². The standard InChI is InChI=1S/C11H11N3OS2/c1-16-11-14-8(9(12)17-11)10(15)13-7-5-3-2-4-6-7/h2-6H,12H2,1H3,(H,13,15). The number of anilines is 2. The van der Waals surface area contributed by atoms with Crippen LogP contribution < -0.4 is 11.1 Å². The molecule has 0 saturated carbocycles. The van der Waals surface area contributed by atoms with Crippen LogP contribution in [0, 0.1) is 0 Å². The van der Waals surface area contributed by atoms with E-state index in [1.165, 1.54) is 23.1 Å². The second kappa shape index (κ2) is 5.20. The van der Waals surface area contributed by atoms with Gasteiger partial charge in [0.1, 0.15) is 5.00 Å². The molecule has 0 atom stereocenters. The predicted molar refractivity (Wildman–Crippen MR) is 72.7 cm³/mol. The van der Waals surface area contributed by atoms with Crippen molar-refractivity contribution in [3.8, 4) is 0 Å². The number of amides is 1. The molecule has 0 aliphatic heterocycles. The number of nitrogen functional groups attached to an aromatic ring is 1. The molecule has 2 rings (SSSR count). The Bertz CT molecular complexity index is 525. The van der Waals surface area contributed by atoms with Crippen LogP contribution in [0.2, 0.25) is 0 Å². The van der Waals surface area contributed by atoms with Crippen molar-refractivity contribution in [3.05, 3.63) is 36.0 Å². The van der Waals surface area contributed by atoms with Crippen LogP contribution in [0.25, 0.3) is 0 Å². The lowest BCUT2D eigenvalue weighted by Gasteiger charge is -2.02. The zero-order valence-corrected chi connectivity index (χ0v) is 10.8. The maximum absolute atomic E-state index is 11.9. The first-order chi connectivity index (χ1) is 8.20. The molecule has 0 spiro atoms. The van der Waals surface area contributed by atoms with Gasteiger partial charge in [0, 0.05) is 5.69 Å². The van der Waals surface area contributed by atoms with Crippen LogP contribution in [0.1, 0.15) is 10.5 Å². The Hall–Kier alpha value is -1.53. The lowest BCUT2D eigenvalue weighted by Crippen LogP contribution is -2.13. The largest absolute Gasteiger partial charge is 0.389 e. The Balaban J connectivity index is 2.17. The topological polar surface area (TPSA) is 68.0 Å². The molecule has 6 heteroatoms. The minimum atomic E-state index is -0.273. The van der Waals surface area contributed by atoms with E-state index < -0.39 is 0 Å². The van der Waals surface area contributed by atoms with Crippen molar-refractivity contribution in [2.24, 2.45) is 0 Å². The fourth-order valence-electron chi connectivity index (χ4n) is 1.27. The number of thiazole rings is 1. The summed E-state index contributed by atoms with van der Waals surface area (Å²) in [7, 11) is 0. The van der Waals surface area contributed by atoms with Crippen LogP contribution in [0.5, 0.6) is 0 Å². The monoisotopic (exact) mass is 265 g/mol.